The molecule has 3 aliphatic heterocycles. The fourth-order valence-corrected chi connectivity index (χ4v) is 3.47. The van der Waals surface area contributed by atoms with Crippen molar-refractivity contribution in [1.82, 2.24) is 15.1 Å². The summed E-state index contributed by atoms with van der Waals surface area (Å²) in [6.07, 6.45) is 4.96. The fourth-order valence-electron chi connectivity index (χ4n) is 3.47. The molecule has 4 nitrogen and oxygen atoms in total. The summed E-state index contributed by atoms with van der Waals surface area (Å²) in [6.45, 7) is 6.12. The van der Waals surface area contributed by atoms with Crippen molar-refractivity contribution >= 4 is 6.03 Å². The van der Waals surface area contributed by atoms with Crippen molar-refractivity contribution in [3.05, 3.63) is 0 Å². The summed E-state index contributed by atoms with van der Waals surface area (Å²) in [6, 6.07) is 0.307. The van der Waals surface area contributed by atoms with Crippen molar-refractivity contribution in [1.29, 1.82) is 0 Å². The molecule has 0 unspecified atom stereocenters. The van der Waals surface area contributed by atoms with Crippen LogP contribution in [0.15, 0.2) is 0 Å². The molecule has 3 fully saturated rings. The van der Waals surface area contributed by atoms with Crippen molar-refractivity contribution in [2.75, 3.05) is 39.3 Å². The molecule has 3 heterocycles. The number of carbonyl (C=O) groups is 1. The lowest BCUT2D eigenvalue weighted by Crippen LogP contribution is -2.43. The van der Waals surface area contributed by atoms with Gasteiger partial charge in [-0.1, -0.05) is 12.8 Å². The van der Waals surface area contributed by atoms with Gasteiger partial charge in [-0.3, -0.25) is 0 Å². The molecular weight excluding hydrogens is 214 g/mol. The topological polar surface area (TPSA) is 35.6 Å². The summed E-state index contributed by atoms with van der Waals surface area (Å²) >= 11 is 0. The number of fused-ring (bicyclic) bond motifs is 1. The Labute approximate surface area is 103 Å². The maximum Gasteiger partial charge on any atom is 0.320 e. The van der Waals surface area contributed by atoms with Crippen LogP contribution in [-0.4, -0.2) is 55.1 Å². The van der Waals surface area contributed by atoms with Gasteiger partial charge in [0.25, 0.3) is 0 Å². The monoisotopic (exact) mass is 237 g/mol. The second-order valence-corrected chi connectivity index (χ2v) is 5.77. The van der Waals surface area contributed by atoms with Crippen LogP contribution >= 0.6 is 0 Å². The molecule has 0 spiro atoms. The van der Waals surface area contributed by atoms with Crippen LogP contribution in [0.5, 0.6) is 0 Å². The highest BCUT2D eigenvalue weighted by Crippen LogP contribution is 2.27. The molecule has 2 amide bonds. The summed E-state index contributed by atoms with van der Waals surface area (Å²) < 4.78 is 0. The van der Waals surface area contributed by atoms with E-state index in [1.165, 1.54) is 25.7 Å². The summed E-state index contributed by atoms with van der Waals surface area (Å²) in [5.41, 5.74) is 0. The van der Waals surface area contributed by atoms with Crippen molar-refractivity contribution in [2.45, 2.75) is 25.7 Å². The van der Waals surface area contributed by atoms with Gasteiger partial charge in [0, 0.05) is 39.3 Å². The molecule has 1 N–H and O–H groups in total. The van der Waals surface area contributed by atoms with Crippen LogP contribution < -0.4 is 5.32 Å². The zero-order valence-corrected chi connectivity index (χ0v) is 10.5. The minimum absolute atomic E-state index is 0.307. The fraction of sp³-hybridized carbons (Fsp3) is 0.923. The van der Waals surface area contributed by atoms with Crippen LogP contribution in [0.3, 0.4) is 0 Å². The van der Waals surface area contributed by atoms with Crippen LogP contribution in [0, 0.1) is 11.8 Å². The molecule has 0 aromatic heterocycles. The summed E-state index contributed by atoms with van der Waals surface area (Å²) in [4.78, 5) is 16.6. The van der Waals surface area contributed by atoms with E-state index in [2.05, 4.69) is 15.1 Å². The van der Waals surface area contributed by atoms with E-state index in [1.807, 2.05) is 0 Å². The molecule has 0 aliphatic carbocycles. The Morgan fingerprint density at radius 3 is 2.06 bits per heavy atom. The highest BCUT2D eigenvalue weighted by Gasteiger charge is 2.39. The predicted octanol–water partition coefficient (Wildman–Crippen LogP) is 1.13. The van der Waals surface area contributed by atoms with Crippen LogP contribution in [0.2, 0.25) is 0 Å². The van der Waals surface area contributed by atoms with E-state index in [4.69, 9.17) is 0 Å². The first-order valence-corrected chi connectivity index (χ1v) is 7.09. The zero-order chi connectivity index (χ0) is 11.7. The van der Waals surface area contributed by atoms with Crippen LogP contribution in [-0.2, 0) is 0 Å². The summed E-state index contributed by atoms with van der Waals surface area (Å²) in [7, 11) is 0. The third-order valence-electron chi connectivity index (χ3n) is 4.54. The molecule has 2 atom stereocenters. The van der Waals surface area contributed by atoms with E-state index in [-0.39, 0.29) is 0 Å². The first-order chi connectivity index (χ1) is 8.34. The van der Waals surface area contributed by atoms with Gasteiger partial charge in [-0.2, -0.15) is 0 Å². The van der Waals surface area contributed by atoms with Gasteiger partial charge in [0.05, 0.1) is 0 Å². The van der Waals surface area contributed by atoms with Gasteiger partial charge in [0.15, 0.2) is 0 Å². The minimum atomic E-state index is 0.307. The smallest absolute Gasteiger partial charge is 0.320 e. The molecule has 3 rings (SSSR count). The number of nitrogens with one attached hydrogen (secondary N) is 1. The average molecular weight is 237 g/mol. The van der Waals surface area contributed by atoms with Crippen LogP contribution in [0.1, 0.15) is 25.7 Å². The van der Waals surface area contributed by atoms with Gasteiger partial charge < -0.3 is 15.1 Å². The minimum Gasteiger partial charge on any atom is -0.325 e. The van der Waals surface area contributed by atoms with Gasteiger partial charge in [0.1, 0.15) is 0 Å². The lowest BCUT2D eigenvalue weighted by Gasteiger charge is -2.27. The molecule has 3 saturated heterocycles. The number of carbonyl (C=O) groups excluding carboxylic acids is 1. The van der Waals surface area contributed by atoms with E-state index < -0.39 is 0 Å². The van der Waals surface area contributed by atoms with E-state index in [0.717, 1.165) is 39.3 Å². The molecule has 0 aromatic rings. The molecular formula is C13H23N3O. The lowest BCUT2D eigenvalue weighted by molar-refractivity contribution is 0.161. The zero-order valence-electron chi connectivity index (χ0n) is 10.5. The standard InChI is InChI=1S/C13H23N3O/c17-13(15-5-3-1-2-4-6-15)16-9-11-7-14-8-12(11)10-16/h11-12,14H,1-10H2/t11-,12+. The summed E-state index contributed by atoms with van der Waals surface area (Å²) in [5, 5.41) is 3.42. The largest absolute Gasteiger partial charge is 0.325 e. The Bertz CT molecular complexity index is 274. The second-order valence-electron chi connectivity index (χ2n) is 5.77. The Morgan fingerprint density at radius 1 is 0.882 bits per heavy atom. The third kappa shape index (κ3) is 2.28. The Balaban J connectivity index is 1.58. The van der Waals surface area contributed by atoms with E-state index in [1.54, 1.807) is 0 Å². The Hall–Kier alpha value is -0.770. The van der Waals surface area contributed by atoms with Crippen LogP contribution in [0.4, 0.5) is 4.79 Å². The number of rotatable bonds is 0. The average Bonchev–Trinajstić information content (AvgIpc) is 2.80. The maximum absolute atomic E-state index is 12.4. The number of hydrogen-bond acceptors (Lipinski definition) is 2. The first-order valence-electron chi connectivity index (χ1n) is 7.09. The number of amides is 2. The number of likely N-dealkylation sites (tertiary alicyclic amines) is 2. The molecule has 0 aromatic carbocycles. The van der Waals surface area contributed by atoms with E-state index >= 15 is 0 Å². The van der Waals surface area contributed by atoms with Gasteiger partial charge in [-0.15, -0.1) is 0 Å². The highest BCUT2D eigenvalue weighted by molar-refractivity contribution is 5.74. The van der Waals surface area contributed by atoms with Gasteiger partial charge in [-0.25, -0.2) is 4.79 Å². The molecule has 0 radical (unpaired) electrons. The number of nitrogens with zero attached hydrogens (tertiary/aromatic N) is 2. The number of urea groups is 1. The summed E-state index contributed by atoms with van der Waals surface area (Å²) in [5.74, 6) is 1.43. The van der Waals surface area contributed by atoms with E-state index in [0.29, 0.717) is 17.9 Å². The maximum atomic E-state index is 12.4. The molecule has 96 valence electrons. The highest BCUT2D eigenvalue weighted by atomic mass is 16.2. The van der Waals surface area contributed by atoms with Crippen molar-refractivity contribution in [2.24, 2.45) is 11.8 Å². The van der Waals surface area contributed by atoms with Crippen LogP contribution in [0.25, 0.3) is 0 Å². The van der Waals surface area contributed by atoms with Gasteiger partial charge in [0.2, 0.25) is 0 Å². The Kier molecular flexibility index (Phi) is 3.23. The molecule has 4 heteroatoms. The van der Waals surface area contributed by atoms with Crippen molar-refractivity contribution < 1.29 is 4.79 Å². The van der Waals surface area contributed by atoms with Crippen molar-refractivity contribution in [3.8, 4) is 0 Å². The predicted molar refractivity (Wildman–Crippen MR) is 66.9 cm³/mol. The lowest BCUT2D eigenvalue weighted by atomic mass is 10.0. The van der Waals surface area contributed by atoms with Gasteiger partial charge >= 0.3 is 6.03 Å². The Morgan fingerprint density at radius 2 is 1.47 bits per heavy atom. The second kappa shape index (κ2) is 4.84. The SMILES string of the molecule is O=C(N1CCCCCC1)N1C[C@H]2CNC[C@H]2C1. The molecule has 0 saturated carbocycles. The normalized spacial score (nSPS) is 33.6. The van der Waals surface area contributed by atoms with Gasteiger partial charge in [-0.05, 0) is 24.7 Å². The molecule has 17 heavy (non-hydrogen) atoms. The first kappa shape index (κ1) is 11.3. The van der Waals surface area contributed by atoms with E-state index in [9.17, 15) is 4.79 Å². The van der Waals surface area contributed by atoms with Crippen molar-refractivity contribution in [3.63, 3.8) is 0 Å². The third-order valence-corrected chi connectivity index (χ3v) is 4.54. The number of hydrogen-bond donors (Lipinski definition) is 1. The quantitative estimate of drug-likeness (QED) is 0.685. The molecule has 0 bridgehead atoms. The molecule has 3 aliphatic rings.